The van der Waals surface area contributed by atoms with Crippen molar-refractivity contribution in [2.24, 2.45) is 11.8 Å². The molecule has 1 spiro atoms. The molecular formula is C31H43N3O+2. The van der Waals surface area contributed by atoms with E-state index in [4.69, 9.17) is 0 Å². The highest BCUT2D eigenvalue weighted by molar-refractivity contribution is 5.82. The van der Waals surface area contributed by atoms with Crippen molar-refractivity contribution in [3.8, 4) is 0 Å². The predicted octanol–water partition coefficient (Wildman–Crippen LogP) is 2.86. The first-order valence-electron chi connectivity index (χ1n) is 14.2. The van der Waals surface area contributed by atoms with Gasteiger partial charge in [0.05, 0.1) is 19.6 Å². The van der Waals surface area contributed by atoms with Gasteiger partial charge in [0, 0.05) is 18.2 Å². The quantitative estimate of drug-likeness (QED) is 0.708. The van der Waals surface area contributed by atoms with Gasteiger partial charge >= 0.3 is 0 Å². The standard InChI is InChI=1S/C31H41N3O/c1-22-9-8-14-27-26(22)18-32-20-31(27)21-33-19-28(31)30(35)34-16-15-25(23-10-4-2-5-11-23)17-29(34)24-12-6-3-7-13-24/h2,4-5,8-11,14,24-25,28-29,32-33H,3,6-7,12-13,15-21H2,1H3/p+2/t25-,28+,29+,31+/m1/s1. The van der Waals surface area contributed by atoms with Crippen LogP contribution in [0.15, 0.2) is 48.5 Å². The highest BCUT2D eigenvalue weighted by atomic mass is 16.2. The Bertz CT molecular complexity index is 1050. The molecule has 3 fully saturated rings. The third-order valence-electron chi connectivity index (χ3n) is 10.1. The lowest BCUT2D eigenvalue weighted by atomic mass is 9.67. The number of quaternary nitrogens is 2. The molecule has 6 rings (SSSR count). The monoisotopic (exact) mass is 473 g/mol. The summed E-state index contributed by atoms with van der Waals surface area (Å²) in [6, 6.07) is 18.3. The Labute approximate surface area is 210 Å². The number of benzene rings is 2. The Morgan fingerprint density at radius 3 is 2.57 bits per heavy atom. The minimum absolute atomic E-state index is 0.0237. The van der Waals surface area contributed by atoms with Crippen LogP contribution in [-0.4, -0.2) is 43.0 Å². The molecule has 2 aromatic rings. The molecule has 0 radical (unpaired) electrons. The fraction of sp³-hybridized carbons (Fsp3) is 0.581. The van der Waals surface area contributed by atoms with Gasteiger partial charge in [-0.15, -0.1) is 0 Å². The largest absolute Gasteiger partial charge is 0.345 e. The summed E-state index contributed by atoms with van der Waals surface area (Å²) in [7, 11) is 0. The number of rotatable bonds is 3. The summed E-state index contributed by atoms with van der Waals surface area (Å²) < 4.78 is 0. The zero-order chi connectivity index (χ0) is 23.8. The molecule has 0 aromatic heterocycles. The van der Waals surface area contributed by atoms with Gasteiger partial charge in [-0.3, -0.25) is 4.79 Å². The van der Waals surface area contributed by atoms with Crippen molar-refractivity contribution in [3.63, 3.8) is 0 Å². The molecule has 4 nitrogen and oxygen atoms in total. The molecule has 1 amide bonds. The molecule has 2 aromatic carbocycles. The van der Waals surface area contributed by atoms with Crippen LogP contribution in [0.5, 0.6) is 0 Å². The Morgan fingerprint density at radius 2 is 1.74 bits per heavy atom. The first-order valence-corrected chi connectivity index (χ1v) is 14.2. The van der Waals surface area contributed by atoms with Gasteiger partial charge in [-0.1, -0.05) is 67.8 Å². The van der Waals surface area contributed by atoms with Gasteiger partial charge in [0.1, 0.15) is 17.9 Å². The number of aryl methyl sites for hydroxylation is 1. The summed E-state index contributed by atoms with van der Waals surface area (Å²) in [5, 5.41) is 4.90. The number of amides is 1. The van der Waals surface area contributed by atoms with Gasteiger partial charge in [0.2, 0.25) is 5.91 Å². The minimum Gasteiger partial charge on any atom is -0.345 e. The van der Waals surface area contributed by atoms with E-state index in [9.17, 15) is 4.79 Å². The summed E-state index contributed by atoms with van der Waals surface area (Å²) in [4.78, 5) is 17.0. The van der Waals surface area contributed by atoms with Crippen LogP contribution in [0.1, 0.15) is 73.1 Å². The van der Waals surface area contributed by atoms with Crippen molar-refractivity contribution in [3.05, 3.63) is 70.8 Å². The van der Waals surface area contributed by atoms with E-state index in [0.717, 1.165) is 45.6 Å². The lowest BCUT2D eigenvalue weighted by molar-refractivity contribution is -0.691. The van der Waals surface area contributed by atoms with E-state index < -0.39 is 0 Å². The van der Waals surface area contributed by atoms with Crippen molar-refractivity contribution in [1.29, 1.82) is 0 Å². The predicted molar refractivity (Wildman–Crippen MR) is 139 cm³/mol. The maximum atomic E-state index is 14.6. The molecule has 4 atom stereocenters. The van der Waals surface area contributed by atoms with Crippen molar-refractivity contribution in [1.82, 2.24) is 4.90 Å². The summed E-state index contributed by atoms with van der Waals surface area (Å²) in [6.45, 7) is 7.26. The van der Waals surface area contributed by atoms with Crippen molar-refractivity contribution < 1.29 is 15.4 Å². The van der Waals surface area contributed by atoms with Gasteiger partial charge in [-0.2, -0.15) is 0 Å². The van der Waals surface area contributed by atoms with E-state index in [1.165, 1.54) is 54.4 Å². The Hall–Kier alpha value is -2.17. The molecule has 0 bridgehead atoms. The maximum Gasteiger partial charge on any atom is 0.233 e. The number of likely N-dealkylation sites (tertiary alicyclic amines) is 1. The van der Waals surface area contributed by atoms with Crippen LogP contribution >= 0.6 is 0 Å². The maximum absolute atomic E-state index is 14.6. The third-order valence-corrected chi connectivity index (χ3v) is 10.1. The molecular weight excluding hydrogens is 430 g/mol. The van der Waals surface area contributed by atoms with Gasteiger partial charge < -0.3 is 15.5 Å². The molecule has 3 aliphatic heterocycles. The van der Waals surface area contributed by atoms with E-state index in [2.05, 4.69) is 71.0 Å². The van der Waals surface area contributed by atoms with Gasteiger partial charge in [0.15, 0.2) is 0 Å². The van der Waals surface area contributed by atoms with E-state index in [-0.39, 0.29) is 11.3 Å². The van der Waals surface area contributed by atoms with Gasteiger partial charge in [-0.05, 0) is 61.1 Å². The number of fused-ring (bicyclic) bond motifs is 2. The topological polar surface area (TPSA) is 53.5 Å². The molecule has 1 aliphatic carbocycles. The van der Waals surface area contributed by atoms with Gasteiger partial charge in [-0.25, -0.2) is 0 Å². The molecule has 4 aliphatic rings. The fourth-order valence-corrected chi connectivity index (χ4v) is 8.22. The molecule has 4 N–H and O–H groups in total. The second-order valence-corrected chi connectivity index (χ2v) is 11.9. The van der Waals surface area contributed by atoms with E-state index in [1.807, 2.05) is 0 Å². The van der Waals surface area contributed by atoms with Crippen molar-refractivity contribution in [2.75, 3.05) is 26.2 Å². The molecule has 0 unspecified atom stereocenters. The summed E-state index contributed by atoms with van der Waals surface area (Å²) in [6.07, 6.45) is 8.88. The zero-order valence-corrected chi connectivity index (χ0v) is 21.4. The Kier molecular flexibility index (Phi) is 6.45. The van der Waals surface area contributed by atoms with Crippen LogP contribution in [0.2, 0.25) is 0 Å². The summed E-state index contributed by atoms with van der Waals surface area (Å²) >= 11 is 0. The smallest absolute Gasteiger partial charge is 0.233 e. The Balaban J connectivity index is 1.31. The average molecular weight is 474 g/mol. The van der Waals surface area contributed by atoms with E-state index >= 15 is 0 Å². The SMILES string of the molecule is Cc1cccc2c1C[NH2+]C[C@]21C[NH2+]C[C@H]1C(=O)N1CC[C@@H](c2ccccc2)C[C@H]1C1CCCCC1. The van der Waals surface area contributed by atoms with Crippen LogP contribution in [0.3, 0.4) is 0 Å². The first-order chi connectivity index (χ1) is 17.2. The molecule has 2 saturated heterocycles. The highest BCUT2D eigenvalue weighted by Crippen LogP contribution is 2.43. The first kappa shape index (κ1) is 23.2. The normalized spacial score (nSPS) is 31.5. The molecule has 186 valence electrons. The van der Waals surface area contributed by atoms with Crippen LogP contribution in [0.25, 0.3) is 0 Å². The number of hydrogen-bond donors (Lipinski definition) is 2. The average Bonchev–Trinajstić information content (AvgIpc) is 3.33. The fourth-order valence-electron chi connectivity index (χ4n) is 8.22. The third kappa shape index (κ3) is 4.13. The molecule has 3 heterocycles. The van der Waals surface area contributed by atoms with Crippen molar-refractivity contribution >= 4 is 5.91 Å². The summed E-state index contributed by atoms with van der Waals surface area (Å²) in [5.74, 6) is 1.82. The number of hydrogen-bond acceptors (Lipinski definition) is 1. The Morgan fingerprint density at radius 1 is 0.943 bits per heavy atom. The number of carbonyl (C=O) groups excluding carboxylic acids is 1. The van der Waals surface area contributed by atoms with Crippen LogP contribution in [-0.2, 0) is 16.8 Å². The van der Waals surface area contributed by atoms with Gasteiger partial charge in [0.25, 0.3) is 0 Å². The van der Waals surface area contributed by atoms with E-state index in [1.54, 1.807) is 0 Å². The number of nitrogens with zero attached hydrogens (tertiary/aromatic N) is 1. The second kappa shape index (κ2) is 9.71. The highest BCUT2D eigenvalue weighted by Gasteiger charge is 2.57. The van der Waals surface area contributed by atoms with Crippen LogP contribution in [0, 0.1) is 18.8 Å². The molecule has 1 saturated carbocycles. The lowest BCUT2D eigenvalue weighted by Crippen LogP contribution is -2.91. The second-order valence-electron chi connectivity index (χ2n) is 11.9. The van der Waals surface area contributed by atoms with Crippen molar-refractivity contribution in [2.45, 2.75) is 75.8 Å². The molecule has 4 heteroatoms. The zero-order valence-electron chi connectivity index (χ0n) is 21.4. The molecule has 35 heavy (non-hydrogen) atoms. The number of piperidine rings is 1. The summed E-state index contributed by atoms with van der Waals surface area (Å²) in [5.41, 5.74) is 5.79. The van der Waals surface area contributed by atoms with Crippen LogP contribution < -0.4 is 10.6 Å². The lowest BCUT2D eigenvalue weighted by Gasteiger charge is -2.47. The number of nitrogens with two attached hydrogens (primary N) is 2. The number of carbonyl (C=O) groups is 1. The van der Waals surface area contributed by atoms with Crippen LogP contribution in [0.4, 0.5) is 0 Å². The minimum atomic E-state index is -0.0237. The van der Waals surface area contributed by atoms with E-state index in [0.29, 0.717) is 23.8 Å².